The molecule has 0 aliphatic heterocycles. The minimum atomic E-state index is -0.480. The molecular weight excluding hydrogens is 394 g/mol. The summed E-state index contributed by atoms with van der Waals surface area (Å²) in [6.07, 6.45) is 3.49. The maximum atomic E-state index is 12.1. The first-order valence-electron chi connectivity index (χ1n) is 6.84. The summed E-state index contributed by atoms with van der Waals surface area (Å²) in [4.78, 5) is 28.3. The highest BCUT2D eigenvalue weighted by molar-refractivity contribution is 9.10. The second kappa shape index (κ2) is 6.93. The maximum Gasteiger partial charge on any atom is 0.289 e. The molecule has 0 aliphatic rings. The Bertz CT molecular complexity index is 887. The van der Waals surface area contributed by atoms with Crippen LogP contribution in [0.5, 0.6) is 0 Å². The predicted molar refractivity (Wildman–Crippen MR) is 93.4 cm³/mol. The van der Waals surface area contributed by atoms with Gasteiger partial charge in [0, 0.05) is 34.2 Å². The van der Waals surface area contributed by atoms with Crippen LogP contribution in [0.4, 0.5) is 0 Å². The molecule has 0 aliphatic carbocycles. The first-order chi connectivity index (χ1) is 11.5. The molecule has 2 N–H and O–H groups in total. The van der Waals surface area contributed by atoms with Crippen LogP contribution in [0.25, 0.3) is 10.6 Å². The van der Waals surface area contributed by atoms with Crippen LogP contribution >= 0.6 is 27.3 Å². The fourth-order valence-corrected chi connectivity index (χ4v) is 2.93. The first kappa shape index (κ1) is 16.3. The van der Waals surface area contributed by atoms with Gasteiger partial charge in [0.2, 0.25) is 0 Å². The number of halogens is 1. The van der Waals surface area contributed by atoms with Crippen LogP contribution in [0.3, 0.4) is 0 Å². The molecule has 0 spiro atoms. The largest absolute Gasteiger partial charge is 0.289 e. The summed E-state index contributed by atoms with van der Waals surface area (Å²) in [6, 6.07) is 6.79. The van der Waals surface area contributed by atoms with Crippen molar-refractivity contribution in [2.24, 2.45) is 7.05 Å². The Kier molecular flexibility index (Phi) is 4.72. The van der Waals surface area contributed by atoms with E-state index in [1.54, 1.807) is 40.5 Å². The molecular formula is C15H12BrN5O2S. The number of benzene rings is 1. The Morgan fingerprint density at radius 2 is 1.88 bits per heavy atom. The van der Waals surface area contributed by atoms with E-state index in [9.17, 15) is 9.59 Å². The molecule has 0 unspecified atom stereocenters. The smallest absolute Gasteiger partial charge is 0.275 e. The van der Waals surface area contributed by atoms with Crippen molar-refractivity contribution in [1.29, 1.82) is 0 Å². The molecule has 24 heavy (non-hydrogen) atoms. The second-order valence-electron chi connectivity index (χ2n) is 4.86. The minimum absolute atomic E-state index is 0.231. The molecule has 2 heterocycles. The van der Waals surface area contributed by atoms with Crippen molar-refractivity contribution in [3.8, 4) is 10.6 Å². The van der Waals surface area contributed by atoms with Crippen LogP contribution in [-0.4, -0.2) is 26.6 Å². The van der Waals surface area contributed by atoms with Gasteiger partial charge in [-0.25, -0.2) is 4.98 Å². The number of nitrogens with zero attached hydrogens (tertiary/aromatic N) is 3. The maximum absolute atomic E-state index is 12.1. The number of hydrazine groups is 1. The van der Waals surface area contributed by atoms with E-state index >= 15 is 0 Å². The fourth-order valence-electron chi connectivity index (χ4n) is 1.89. The van der Waals surface area contributed by atoms with E-state index in [0.717, 1.165) is 10.0 Å². The zero-order chi connectivity index (χ0) is 17.1. The lowest BCUT2D eigenvalue weighted by Gasteiger charge is -2.05. The quantitative estimate of drug-likeness (QED) is 0.654. The third kappa shape index (κ3) is 3.69. The van der Waals surface area contributed by atoms with Crippen LogP contribution in [0.1, 0.15) is 20.8 Å². The van der Waals surface area contributed by atoms with Gasteiger partial charge in [0.1, 0.15) is 10.7 Å². The molecule has 9 heteroatoms. The molecule has 0 saturated carbocycles. The summed E-state index contributed by atoms with van der Waals surface area (Å²) in [5.41, 5.74) is 6.22. The van der Waals surface area contributed by atoms with E-state index in [-0.39, 0.29) is 5.69 Å². The Labute approximate surface area is 149 Å². The van der Waals surface area contributed by atoms with Crippen LogP contribution in [-0.2, 0) is 7.05 Å². The zero-order valence-corrected chi connectivity index (χ0v) is 14.9. The lowest BCUT2D eigenvalue weighted by molar-refractivity contribution is 0.0844. The van der Waals surface area contributed by atoms with Gasteiger partial charge in [0.15, 0.2) is 0 Å². The highest BCUT2D eigenvalue weighted by Gasteiger charge is 2.14. The van der Waals surface area contributed by atoms with E-state index in [1.165, 1.54) is 11.3 Å². The number of aryl methyl sites for hydroxylation is 1. The van der Waals surface area contributed by atoms with Gasteiger partial charge in [-0.15, -0.1) is 11.3 Å². The Hall–Kier alpha value is -2.52. The van der Waals surface area contributed by atoms with Crippen molar-refractivity contribution in [2.75, 3.05) is 0 Å². The van der Waals surface area contributed by atoms with Gasteiger partial charge in [0.25, 0.3) is 11.8 Å². The highest BCUT2D eigenvalue weighted by atomic mass is 79.9. The summed E-state index contributed by atoms with van der Waals surface area (Å²) in [5, 5.41) is 6.38. The summed E-state index contributed by atoms with van der Waals surface area (Å²) in [7, 11) is 1.81. The molecule has 2 amide bonds. The number of thiazole rings is 1. The molecule has 0 atom stereocenters. The van der Waals surface area contributed by atoms with Crippen LogP contribution < -0.4 is 10.9 Å². The van der Waals surface area contributed by atoms with Gasteiger partial charge >= 0.3 is 0 Å². The van der Waals surface area contributed by atoms with Crippen molar-refractivity contribution in [3.63, 3.8) is 0 Å². The molecule has 0 bridgehead atoms. The molecule has 2 aromatic heterocycles. The standard InChI is InChI=1S/C15H12BrN5O2S/c1-21-7-10(6-17-21)15-18-12(8-24-15)14(23)20-19-13(22)9-2-4-11(16)5-3-9/h2-8H,1H3,(H,19,22)(H,20,23). The number of nitrogens with one attached hydrogen (secondary N) is 2. The molecule has 7 nitrogen and oxygen atoms in total. The van der Waals surface area contributed by atoms with Crippen LogP contribution in [0.2, 0.25) is 0 Å². The number of rotatable bonds is 3. The van der Waals surface area contributed by atoms with Crippen molar-refractivity contribution in [3.05, 3.63) is 57.8 Å². The van der Waals surface area contributed by atoms with Gasteiger partial charge in [-0.2, -0.15) is 5.10 Å². The van der Waals surface area contributed by atoms with Crippen molar-refractivity contribution >= 4 is 39.1 Å². The van der Waals surface area contributed by atoms with Gasteiger partial charge in [-0.1, -0.05) is 15.9 Å². The van der Waals surface area contributed by atoms with E-state index in [1.807, 2.05) is 13.2 Å². The van der Waals surface area contributed by atoms with Gasteiger partial charge in [0.05, 0.1) is 6.20 Å². The molecule has 122 valence electrons. The van der Waals surface area contributed by atoms with E-state index in [4.69, 9.17) is 0 Å². The van der Waals surface area contributed by atoms with Crippen LogP contribution in [0, 0.1) is 0 Å². The van der Waals surface area contributed by atoms with E-state index in [2.05, 4.69) is 36.9 Å². The van der Waals surface area contributed by atoms with Crippen LogP contribution in [0.15, 0.2) is 46.5 Å². The normalized spacial score (nSPS) is 10.4. The number of carbonyl (C=O) groups is 2. The molecule has 3 rings (SSSR count). The molecule has 0 saturated heterocycles. The van der Waals surface area contributed by atoms with Crippen molar-refractivity contribution in [1.82, 2.24) is 25.6 Å². The lowest BCUT2D eigenvalue weighted by Crippen LogP contribution is -2.41. The average molecular weight is 406 g/mol. The molecule has 0 fully saturated rings. The third-order valence-electron chi connectivity index (χ3n) is 3.08. The Morgan fingerprint density at radius 3 is 2.54 bits per heavy atom. The summed E-state index contributed by atoms with van der Waals surface area (Å²) in [6.45, 7) is 0. The summed E-state index contributed by atoms with van der Waals surface area (Å²) >= 11 is 4.63. The van der Waals surface area contributed by atoms with E-state index in [0.29, 0.717) is 10.6 Å². The monoisotopic (exact) mass is 405 g/mol. The number of hydrogen-bond donors (Lipinski definition) is 2. The highest BCUT2D eigenvalue weighted by Crippen LogP contribution is 2.22. The fraction of sp³-hybridized carbons (Fsp3) is 0.0667. The lowest BCUT2D eigenvalue weighted by atomic mass is 10.2. The topological polar surface area (TPSA) is 88.9 Å². The summed E-state index contributed by atoms with van der Waals surface area (Å²) < 4.78 is 2.53. The Morgan fingerprint density at radius 1 is 1.17 bits per heavy atom. The first-order valence-corrected chi connectivity index (χ1v) is 8.51. The van der Waals surface area contributed by atoms with Gasteiger partial charge in [-0.05, 0) is 24.3 Å². The van der Waals surface area contributed by atoms with E-state index < -0.39 is 11.8 Å². The van der Waals surface area contributed by atoms with Gasteiger partial charge in [-0.3, -0.25) is 25.1 Å². The number of hydrogen-bond acceptors (Lipinski definition) is 5. The molecule has 0 radical (unpaired) electrons. The minimum Gasteiger partial charge on any atom is -0.275 e. The number of carbonyl (C=O) groups excluding carboxylic acids is 2. The number of aromatic nitrogens is 3. The van der Waals surface area contributed by atoms with Crippen molar-refractivity contribution in [2.45, 2.75) is 0 Å². The van der Waals surface area contributed by atoms with Crippen molar-refractivity contribution < 1.29 is 9.59 Å². The predicted octanol–water partition coefficient (Wildman–Crippen LogP) is 2.38. The molecule has 1 aromatic carbocycles. The number of amides is 2. The zero-order valence-electron chi connectivity index (χ0n) is 12.5. The summed E-state index contributed by atoms with van der Waals surface area (Å²) in [5.74, 6) is -0.884. The molecule has 3 aromatic rings. The Balaban J connectivity index is 1.62. The third-order valence-corrected chi connectivity index (χ3v) is 4.50. The second-order valence-corrected chi connectivity index (χ2v) is 6.63. The average Bonchev–Trinajstić information content (AvgIpc) is 3.22. The van der Waals surface area contributed by atoms with Gasteiger partial charge < -0.3 is 0 Å². The SMILES string of the molecule is Cn1cc(-c2nc(C(=O)NNC(=O)c3ccc(Br)cc3)cs2)cn1.